The standard InChI is InChI=1S/C11H21N3OS/c1-5-9(12-6-2)11-14-13-10(16-11)7-15-8(3)4/h8-9,12H,5-7H2,1-4H3. The Labute approximate surface area is 101 Å². The Morgan fingerprint density at radius 2 is 2.06 bits per heavy atom. The lowest BCUT2D eigenvalue weighted by Crippen LogP contribution is -2.19. The summed E-state index contributed by atoms with van der Waals surface area (Å²) in [7, 11) is 0. The molecule has 0 amide bonds. The number of hydrogen-bond donors (Lipinski definition) is 1. The molecule has 5 heteroatoms. The predicted octanol–water partition coefficient (Wildman–Crippen LogP) is 2.52. The van der Waals surface area contributed by atoms with Crippen LogP contribution in [0.4, 0.5) is 0 Å². The lowest BCUT2D eigenvalue weighted by Gasteiger charge is -2.11. The van der Waals surface area contributed by atoms with Crippen LogP contribution >= 0.6 is 11.3 Å². The largest absolute Gasteiger partial charge is 0.372 e. The minimum Gasteiger partial charge on any atom is -0.372 e. The van der Waals surface area contributed by atoms with Crippen LogP contribution in [0.25, 0.3) is 0 Å². The van der Waals surface area contributed by atoms with Crippen LogP contribution < -0.4 is 5.32 Å². The van der Waals surface area contributed by atoms with Gasteiger partial charge in [0.1, 0.15) is 16.6 Å². The maximum absolute atomic E-state index is 5.50. The molecular weight excluding hydrogens is 222 g/mol. The third-order valence-corrected chi connectivity index (χ3v) is 3.19. The summed E-state index contributed by atoms with van der Waals surface area (Å²) in [5, 5.41) is 13.8. The smallest absolute Gasteiger partial charge is 0.143 e. The molecule has 0 bridgehead atoms. The summed E-state index contributed by atoms with van der Waals surface area (Å²) >= 11 is 1.64. The minimum atomic E-state index is 0.239. The molecule has 0 aliphatic heterocycles. The van der Waals surface area contributed by atoms with Gasteiger partial charge in [-0.2, -0.15) is 0 Å². The number of nitrogens with one attached hydrogen (secondary N) is 1. The Morgan fingerprint density at radius 1 is 1.31 bits per heavy atom. The monoisotopic (exact) mass is 243 g/mol. The van der Waals surface area contributed by atoms with Gasteiger partial charge in [-0.1, -0.05) is 25.2 Å². The molecule has 0 radical (unpaired) electrons. The second-order valence-corrected chi connectivity index (χ2v) is 5.01. The summed E-state index contributed by atoms with van der Waals surface area (Å²) in [5.41, 5.74) is 0. The average molecular weight is 243 g/mol. The normalized spacial score (nSPS) is 13.3. The topological polar surface area (TPSA) is 47.0 Å². The first-order chi connectivity index (χ1) is 7.67. The molecule has 0 saturated heterocycles. The quantitative estimate of drug-likeness (QED) is 0.799. The Balaban J connectivity index is 2.55. The van der Waals surface area contributed by atoms with Crippen molar-refractivity contribution in [2.75, 3.05) is 6.54 Å². The van der Waals surface area contributed by atoms with E-state index in [1.54, 1.807) is 11.3 Å². The van der Waals surface area contributed by atoms with Crippen molar-refractivity contribution in [3.8, 4) is 0 Å². The molecule has 1 N–H and O–H groups in total. The Kier molecular flexibility index (Phi) is 5.87. The lowest BCUT2D eigenvalue weighted by molar-refractivity contribution is 0.0652. The Bertz CT molecular complexity index is 301. The minimum absolute atomic E-state index is 0.239. The van der Waals surface area contributed by atoms with E-state index in [1.807, 2.05) is 13.8 Å². The lowest BCUT2D eigenvalue weighted by atomic mass is 10.2. The molecule has 16 heavy (non-hydrogen) atoms. The second-order valence-electron chi connectivity index (χ2n) is 3.91. The van der Waals surface area contributed by atoms with Gasteiger partial charge in [0, 0.05) is 0 Å². The number of ether oxygens (including phenoxy) is 1. The molecule has 92 valence electrons. The first kappa shape index (κ1) is 13.5. The fourth-order valence-corrected chi connectivity index (χ4v) is 2.28. The Hall–Kier alpha value is -0.520. The zero-order valence-corrected chi connectivity index (χ0v) is 11.3. The van der Waals surface area contributed by atoms with E-state index in [9.17, 15) is 0 Å². The molecule has 0 saturated carbocycles. The van der Waals surface area contributed by atoms with E-state index in [-0.39, 0.29) is 6.10 Å². The molecule has 0 spiro atoms. The second kappa shape index (κ2) is 6.93. The fourth-order valence-electron chi connectivity index (χ4n) is 1.36. The highest BCUT2D eigenvalue weighted by Gasteiger charge is 2.13. The van der Waals surface area contributed by atoms with Crippen LogP contribution in [0.2, 0.25) is 0 Å². The molecule has 4 nitrogen and oxygen atoms in total. The van der Waals surface area contributed by atoms with E-state index >= 15 is 0 Å². The van der Waals surface area contributed by atoms with Gasteiger partial charge < -0.3 is 10.1 Å². The molecule has 0 aliphatic carbocycles. The zero-order valence-electron chi connectivity index (χ0n) is 10.5. The number of aromatic nitrogens is 2. The number of hydrogen-bond acceptors (Lipinski definition) is 5. The van der Waals surface area contributed by atoms with Crippen molar-refractivity contribution < 1.29 is 4.74 Å². The molecule has 1 unspecified atom stereocenters. The van der Waals surface area contributed by atoms with Crippen molar-refractivity contribution in [2.24, 2.45) is 0 Å². The fraction of sp³-hybridized carbons (Fsp3) is 0.818. The van der Waals surface area contributed by atoms with Gasteiger partial charge in [-0.15, -0.1) is 10.2 Å². The van der Waals surface area contributed by atoms with Crippen molar-refractivity contribution >= 4 is 11.3 Å². The average Bonchev–Trinajstić information content (AvgIpc) is 2.71. The highest BCUT2D eigenvalue weighted by atomic mass is 32.1. The van der Waals surface area contributed by atoms with Gasteiger partial charge in [0.15, 0.2) is 0 Å². The van der Waals surface area contributed by atoms with Crippen molar-refractivity contribution in [1.82, 2.24) is 15.5 Å². The summed E-state index contributed by atoms with van der Waals surface area (Å²) < 4.78 is 5.50. The molecule has 1 aromatic rings. The van der Waals surface area contributed by atoms with Gasteiger partial charge in [-0.25, -0.2) is 0 Å². The summed E-state index contributed by atoms with van der Waals surface area (Å²) in [4.78, 5) is 0. The van der Waals surface area contributed by atoms with Crippen LogP contribution in [0, 0.1) is 0 Å². The third kappa shape index (κ3) is 4.15. The van der Waals surface area contributed by atoms with Gasteiger partial charge in [-0.05, 0) is 26.8 Å². The van der Waals surface area contributed by atoms with Gasteiger partial charge in [-0.3, -0.25) is 0 Å². The van der Waals surface area contributed by atoms with Gasteiger partial charge >= 0.3 is 0 Å². The van der Waals surface area contributed by atoms with Crippen LogP contribution in [0.5, 0.6) is 0 Å². The summed E-state index contributed by atoms with van der Waals surface area (Å²) in [6.07, 6.45) is 1.27. The van der Waals surface area contributed by atoms with Crippen LogP contribution in [0.3, 0.4) is 0 Å². The van der Waals surface area contributed by atoms with Gasteiger partial charge in [0.05, 0.1) is 12.1 Å². The van der Waals surface area contributed by atoms with E-state index in [2.05, 4.69) is 29.4 Å². The van der Waals surface area contributed by atoms with E-state index in [1.165, 1.54) is 0 Å². The van der Waals surface area contributed by atoms with Crippen molar-refractivity contribution in [1.29, 1.82) is 0 Å². The number of nitrogens with zero attached hydrogens (tertiary/aromatic N) is 2. The third-order valence-electron chi connectivity index (χ3n) is 2.18. The van der Waals surface area contributed by atoms with Crippen molar-refractivity contribution in [3.05, 3.63) is 10.0 Å². The maximum Gasteiger partial charge on any atom is 0.143 e. The highest BCUT2D eigenvalue weighted by Crippen LogP contribution is 2.21. The van der Waals surface area contributed by atoms with Crippen LogP contribution in [0.1, 0.15) is 50.2 Å². The molecular formula is C11H21N3OS. The first-order valence-electron chi connectivity index (χ1n) is 5.84. The van der Waals surface area contributed by atoms with E-state index in [4.69, 9.17) is 4.74 Å². The molecule has 1 aromatic heterocycles. The zero-order chi connectivity index (χ0) is 12.0. The van der Waals surface area contributed by atoms with Gasteiger partial charge in [0.25, 0.3) is 0 Å². The molecule has 1 atom stereocenters. The van der Waals surface area contributed by atoms with Gasteiger partial charge in [0.2, 0.25) is 0 Å². The SMILES string of the molecule is CCNC(CC)c1nnc(COC(C)C)s1. The summed E-state index contributed by atoms with van der Waals surface area (Å²) in [6, 6.07) is 0.329. The molecule has 1 rings (SSSR count). The number of rotatable bonds is 7. The van der Waals surface area contributed by atoms with Crippen molar-refractivity contribution in [3.63, 3.8) is 0 Å². The summed E-state index contributed by atoms with van der Waals surface area (Å²) in [5.74, 6) is 0. The van der Waals surface area contributed by atoms with E-state index in [0.717, 1.165) is 23.0 Å². The molecule has 0 aliphatic rings. The first-order valence-corrected chi connectivity index (χ1v) is 6.66. The van der Waals surface area contributed by atoms with E-state index < -0.39 is 0 Å². The molecule has 1 heterocycles. The van der Waals surface area contributed by atoms with E-state index in [0.29, 0.717) is 12.6 Å². The van der Waals surface area contributed by atoms with Crippen LogP contribution in [0.15, 0.2) is 0 Å². The van der Waals surface area contributed by atoms with Crippen LogP contribution in [-0.4, -0.2) is 22.8 Å². The van der Waals surface area contributed by atoms with Crippen LogP contribution in [-0.2, 0) is 11.3 Å². The molecule has 0 aromatic carbocycles. The molecule has 0 fully saturated rings. The predicted molar refractivity (Wildman–Crippen MR) is 66.5 cm³/mol. The summed E-state index contributed by atoms with van der Waals surface area (Å²) in [6.45, 7) is 9.82. The Morgan fingerprint density at radius 3 is 2.62 bits per heavy atom. The highest BCUT2D eigenvalue weighted by molar-refractivity contribution is 7.11. The maximum atomic E-state index is 5.50. The van der Waals surface area contributed by atoms with Crippen molar-refractivity contribution in [2.45, 2.75) is 52.9 Å².